The number of nitrogens with zero attached hydrogens (tertiary/aromatic N) is 4. The van der Waals surface area contributed by atoms with Gasteiger partial charge in [0.05, 0.1) is 33.5 Å². The molecule has 4 heterocycles. The summed E-state index contributed by atoms with van der Waals surface area (Å²) in [7, 11) is 0. The second kappa shape index (κ2) is 10.8. The number of hydrogen-bond acceptors (Lipinski definition) is 4. The van der Waals surface area contributed by atoms with Gasteiger partial charge in [-0.05, 0) is 35.4 Å². The number of pyridine rings is 2. The highest BCUT2D eigenvalue weighted by atomic mass is 14.8. The predicted molar refractivity (Wildman–Crippen MR) is 192 cm³/mol. The van der Waals surface area contributed by atoms with Crippen LogP contribution in [0.4, 0.5) is 0 Å². The second-order valence-electron chi connectivity index (χ2n) is 11.8. The fourth-order valence-corrected chi connectivity index (χ4v) is 6.97. The van der Waals surface area contributed by atoms with Crippen LogP contribution >= 0.6 is 0 Å². The molecule has 6 heteroatoms. The molecule has 0 aliphatic heterocycles. The number of fused-ring (bicyclic) bond motifs is 4. The molecule has 2 N–H and O–H groups in total. The number of para-hydroxylation sites is 2. The van der Waals surface area contributed by atoms with Crippen molar-refractivity contribution >= 4 is 43.6 Å². The third-order valence-electron chi connectivity index (χ3n) is 9.13. The van der Waals surface area contributed by atoms with Crippen molar-refractivity contribution in [1.82, 2.24) is 19.9 Å². The molecule has 0 radical (unpaired) electrons. The molecular weight excluding hydrogens is 589 g/mol. The Hall–Kier alpha value is -7.02. The predicted octanol–water partition coefficient (Wildman–Crippen LogP) is 10.2. The maximum absolute atomic E-state index is 10.8. The Labute approximate surface area is 275 Å². The van der Waals surface area contributed by atoms with E-state index in [1.807, 2.05) is 134 Å². The van der Waals surface area contributed by atoms with E-state index in [2.05, 4.69) is 22.1 Å². The molecule has 5 aromatic carbocycles. The first-order valence-electron chi connectivity index (χ1n) is 15.6. The van der Waals surface area contributed by atoms with Crippen molar-refractivity contribution in [3.05, 3.63) is 145 Å². The molecule has 0 aliphatic rings. The third-order valence-corrected chi connectivity index (χ3v) is 9.13. The Morgan fingerprint density at radius 2 is 0.854 bits per heavy atom. The minimum absolute atomic E-state index is 0.492. The van der Waals surface area contributed by atoms with Gasteiger partial charge in [0.2, 0.25) is 0 Å². The van der Waals surface area contributed by atoms with Crippen LogP contribution in [0, 0.1) is 22.7 Å². The number of H-pyrrole nitrogens is 2. The number of nitrogens with one attached hydrogen (secondary N) is 2. The van der Waals surface area contributed by atoms with Crippen molar-refractivity contribution in [3.8, 4) is 56.9 Å². The van der Waals surface area contributed by atoms with Gasteiger partial charge in [0.1, 0.15) is 12.1 Å². The van der Waals surface area contributed by atoms with Crippen LogP contribution in [0.1, 0.15) is 11.1 Å². The van der Waals surface area contributed by atoms with Gasteiger partial charge in [-0.1, -0.05) is 97.1 Å². The van der Waals surface area contributed by atoms with Gasteiger partial charge in [-0.15, -0.1) is 0 Å². The number of aromatic amines is 2. The molecule has 0 saturated heterocycles. The summed E-state index contributed by atoms with van der Waals surface area (Å²) >= 11 is 0. The van der Waals surface area contributed by atoms with E-state index in [-0.39, 0.29) is 0 Å². The molecule has 0 saturated carbocycles. The van der Waals surface area contributed by atoms with Crippen LogP contribution in [0.3, 0.4) is 0 Å². The van der Waals surface area contributed by atoms with Gasteiger partial charge in [-0.25, -0.2) is 9.97 Å². The van der Waals surface area contributed by atoms with E-state index in [0.29, 0.717) is 33.5 Å². The number of hydrogen-bond donors (Lipinski definition) is 2. The van der Waals surface area contributed by atoms with Crippen molar-refractivity contribution < 1.29 is 0 Å². The molecule has 0 unspecified atom stereocenters. The SMILES string of the molecule is N#Cc1c(-c2c[nH]c3ccccc23)nc2cc3c(-c4ccccc4)c(C#N)c(-c4c[nH]c5ccccc45)nc3cc2c1-c1ccccc1. The Bertz CT molecular complexity index is 2600. The van der Waals surface area contributed by atoms with Crippen LogP contribution < -0.4 is 0 Å². The summed E-state index contributed by atoms with van der Waals surface area (Å²) in [5, 5.41) is 25.2. The van der Waals surface area contributed by atoms with Crippen molar-refractivity contribution in [2.75, 3.05) is 0 Å². The lowest BCUT2D eigenvalue weighted by molar-refractivity contribution is 1.35. The van der Waals surface area contributed by atoms with Crippen molar-refractivity contribution in [1.29, 1.82) is 10.5 Å². The summed E-state index contributed by atoms with van der Waals surface area (Å²) in [5.74, 6) is 0. The number of nitriles is 2. The van der Waals surface area contributed by atoms with Gasteiger partial charge in [0.15, 0.2) is 0 Å². The number of aromatic nitrogens is 4. The fourth-order valence-electron chi connectivity index (χ4n) is 6.97. The molecule has 4 aromatic heterocycles. The molecule has 0 atom stereocenters. The van der Waals surface area contributed by atoms with Crippen LogP contribution in [0.25, 0.3) is 88.4 Å². The maximum Gasteiger partial charge on any atom is 0.102 e. The quantitative estimate of drug-likeness (QED) is 0.193. The molecule has 0 amide bonds. The molecule has 48 heavy (non-hydrogen) atoms. The molecule has 9 aromatic rings. The van der Waals surface area contributed by atoms with Gasteiger partial charge in [-0.3, -0.25) is 0 Å². The molecule has 9 rings (SSSR count). The zero-order valence-electron chi connectivity index (χ0n) is 25.5. The largest absolute Gasteiger partial charge is 0.360 e. The minimum atomic E-state index is 0.492. The zero-order chi connectivity index (χ0) is 32.2. The lowest BCUT2D eigenvalue weighted by atomic mass is 9.89. The van der Waals surface area contributed by atoms with E-state index in [4.69, 9.17) is 9.97 Å². The van der Waals surface area contributed by atoms with Gasteiger partial charge >= 0.3 is 0 Å². The number of rotatable bonds is 4. The Balaban J connectivity index is 1.45. The summed E-state index contributed by atoms with van der Waals surface area (Å²) < 4.78 is 0. The topological polar surface area (TPSA) is 105 Å². The monoisotopic (exact) mass is 612 g/mol. The first-order valence-corrected chi connectivity index (χ1v) is 15.6. The molecule has 222 valence electrons. The van der Waals surface area contributed by atoms with E-state index in [9.17, 15) is 10.5 Å². The summed E-state index contributed by atoms with van der Waals surface area (Å²) in [6.45, 7) is 0. The number of benzene rings is 5. The maximum atomic E-state index is 10.8. The lowest BCUT2D eigenvalue weighted by Gasteiger charge is -2.17. The standard InChI is InChI=1S/C42H24N6/c43-21-31-39(25-11-3-1-4-12-25)29-19-38-30(20-37(29)47-41(31)33-23-45-35-17-9-7-15-27(33)35)40(26-13-5-2-6-14-26)32(22-44)42(48-38)34-24-46-36-18-10-8-16-28(34)36/h1-20,23-24,45-46H. The summed E-state index contributed by atoms with van der Waals surface area (Å²) in [5.41, 5.74) is 10.7. The van der Waals surface area contributed by atoms with E-state index >= 15 is 0 Å². The van der Waals surface area contributed by atoms with Crippen LogP contribution in [-0.2, 0) is 0 Å². The molecule has 0 aliphatic carbocycles. The first kappa shape index (κ1) is 27.3. The van der Waals surface area contributed by atoms with Crippen LogP contribution in [0.5, 0.6) is 0 Å². The van der Waals surface area contributed by atoms with Crippen LogP contribution in [-0.4, -0.2) is 19.9 Å². The highest BCUT2D eigenvalue weighted by molar-refractivity contribution is 6.12. The molecule has 6 nitrogen and oxygen atoms in total. The minimum Gasteiger partial charge on any atom is -0.360 e. The van der Waals surface area contributed by atoms with E-state index in [1.54, 1.807) is 0 Å². The average Bonchev–Trinajstić information content (AvgIpc) is 3.78. The van der Waals surface area contributed by atoms with Crippen molar-refractivity contribution in [2.24, 2.45) is 0 Å². The fraction of sp³-hybridized carbons (Fsp3) is 0. The van der Waals surface area contributed by atoms with Gasteiger partial charge in [0.25, 0.3) is 0 Å². The lowest BCUT2D eigenvalue weighted by Crippen LogP contribution is -1.99. The summed E-state index contributed by atoms with van der Waals surface area (Å²) in [6, 6.07) is 45.2. The normalized spacial score (nSPS) is 11.3. The highest BCUT2D eigenvalue weighted by Crippen LogP contribution is 2.43. The highest BCUT2D eigenvalue weighted by Gasteiger charge is 2.24. The van der Waals surface area contributed by atoms with Crippen LogP contribution in [0.15, 0.2) is 134 Å². The first-order chi connectivity index (χ1) is 23.7. The molecule has 0 bridgehead atoms. The molecular formula is C42H24N6. The molecule has 0 fully saturated rings. The van der Waals surface area contributed by atoms with E-state index in [1.165, 1.54) is 0 Å². The Kier molecular flexibility index (Phi) is 6.15. The third kappa shape index (κ3) is 4.11. The van der Waals surface area contributed by atoms with Crippen molar-refractivity contribution in [3.63, 3.8) is 0 Å². The Morgan fingerprint density at radius 3 is 1.27 bits per heavy atom. The van der Waals surface area contributed by atoms with E-state index in [0.717, 1.165) is 66.0 Å². The summed E-state index contributed by atoms with van der Waals surface area (Å²) in [4.78, 5) is 17.1. The average molecular weight is 613 g/mol. The van der Waals surface area contributed by atoms with Gasteiger partial charge in [-0.2, -0.15) is 10.5 Å². The van der Waals surface area contributed by atoms with Crippen LogP contribution in [0.2, 0.25) is 0 Å². The summed E-state index contributed by atoms with van der Waals surface area (Å²) in [6.07, 6.45) is 3.85. The smallest absolute Gasteiger partial charge is 0.102 e. The zero-order valence-corrected chi connectivity index (χ0v) is 25.5. The van der Waals surface area contributed by atoms with E-state index < -0.39 is 0 Å². The van der Waals surface area contributed by atoms with Gasteiger partial charge < -0.3 is 9.97 Å². The van der Waals surface area contributed by atoms with Crippen molar-refractivity contribution in [2.45, 2.75) is 0 Å². The molecule has 0 spiro atoms. The second-order valence-corrected chi connectivity index (χ2v) is 11.8. The Morgan fingerprint density at radius 1 is 0.458 bits per heavy atom. The van der Waals surface area contributed by atoms with Gasteiger partial charge in [0, 0.05) is 67.2 Å².